The standard InChI is InChI=1S/C22H32N6O2/c1-3-5-19(11-13-29)30-22-26-20(23)21-25-15-18(28(21)27-22)14-17-9-7-16(8-10-17)6-4-12-24-2/h7-10,15,19,24,29H,3-6,11-14H2,1-2H3,(H2,23,26,27)/t19-/m1/s1. The van der Waals surface area contributed by atoms with E-state index in [4.69, 9.17) is 10.5 Å². The van der Waals surface area contributed by atoms with E-state index in [-0.39, 0.29) is 24.5 Å². The second kappa shape index (κ2) is 10.9. The second-order valence-corrected chi connectivity index (χ2v) is 7.51. The van der Waals surface area contributed by atoms with Crippen LogP contribution in [0.15, 0.2) is 30.5 Å². The largest absolute Gasteiger partial charge is 0.459 e. The van der Waals surface area contributed by atoms with Gasteiger partial charge in [0, 0.05) is 19.4 Å². The zero-order chi connectivity index (χ0) is 21.3. The Kier molecular flexibility index (Phi) is 7.98. The van der Waals surface area contributed by atoms with Crippen molar-refractivity contribution >= 4 is 11.5 Å². The molecule has 0 aliphatic rings. The summed E-state index contributed by atoms with van der Waals surface area (Å²) < 4.78 is 7.61. The van der Waals surface area contributed by atoms with Crippen molar-refractivity contribution in [3.63, 3.8) is 0 Å². The zero-order valence-electron chi connectivity index (χ0n) is 17.8. The van der Waals surface area contributed by atoms with Gasteiger partial charge in [0.2, 0.25) is 0 Å². The molecule has 0 fully saturated rings. The van der Waals surface area contributed by atoms with Crippen molar-refractivity contribution in [2.45, 2.75) is 51.6 Å². The summed E-state index contributed by atoms with van der Waals surface area (Å²) in [6.07, 6.45) is 6.81. The van der Waals surface area contributed by atoms with Gasteiger partial charge < -0.3 is 20.9 Å². The maximum atomic E-state index is 9.26. The highest BCUT2D eigenvalue weighted by molar-refractivity contribution is 5.59. The molecular weight excluding hydrogens is 380 g/mol. The lowest BCUT2D eigenvalue weighted by Crippen LogP contribution is -2.20. The number of hydrogen-bond donors (Lipinski definition) is 3. The first-order valence-electron chi connectivity index (χ1n) is 10.6. The van der Waals surface area contributed by atoms with E-state index in [1.807, 2.05) is 7.05 Å². The molecule has 0 bridgehead atoms. The summed E-state index contributed by atoms with van der Waals surface area (Å²) in [5.41, 5.74) is 10.0. The predicted octanol–water partition coefficient (Wildman–Crippen LogP) is 2.38. The van der Waals surface area contributed by atoms with Gasteiger partial charge in [0.25, 0.3) is 0 Å². The van der Waals surface area contributed by atoms with Crippen LogP contribution in [0.5, 0.6) is 6.01 Å². The third-order valence-electron chi connectivity index (χ3n) is 5.07. The van der Waals surface area contributed by atoms with E-state index in [1.165, 1.54) is 11.1 Å². The Labute approximate surface area is 177 Å². The predicted molar refractivity (Wildman–Crippen MR) is 118 cm³/mol. The van der Waals surface area contributed by atoms with Crippen LogP contribution < -0.4 is 15.8 Å². The van der Waals surface area contributed by atoms with E-state index in [2.05, 4.69) is 51.6 Å². The summed E-state index contributed by atoms with van der Waals surface area (Å²) in [5.74, 6) is 0.283. The number of rotatable bonds is 12. The molecule has 0 amide bonds. The van der Waals surface area contributed by atoms with E-state index in [0.717, 1.165) is 37.9 Å². The number of hydrogen-bond acceptors (Lipinski definition) is 7. The summed E-state index contributed by atoms with van der Waals surface area (Å²) in [6, 6.07) is 8.86. The topological polar surface area (TPSA) is 111 Å². The van der Waals surface area contributed by atoms with Gasteiger partial charge in [-0.1, -0.05) is 37.6 Å². The molecule has 0 saturated heterocycles. The quantitative estimate of drug-likeness (QED) is 0.392. The molecule has 0 aliphatic carbocycles. The Morgan fingerprint density at radius 1 is 1.20 bits per heavy atom. The van der Waals surface area contributed by atoms with Crippen molar-refractivity contribution in [1.29, 1.82) is 0 Å². The van der Waals surface area contributed by atoms with Crippen molar-refractivity contribution in [1.82, 2.24) is 24.9 Å². The van der Waals surface area contributed by atoms with Gasteiger partial charge in [-0.2, -0.15) is 4.98 Å². The molecule has 0 spiro atoms. The molecule has 162 valence electrons. The number of aryl methyl sites for hydroxylation is 1. The monoisotopic (exact) mass is 412 g/mol. The third kappa shape index (κ3) is 5.67. The number of benzene rings is 1. The Balaban J connectivity index is 1.77. The molecule has 4 N–H and O–H groups in total. The fourth-order valence-corrected chi connectivity index (χ4v) is 3.48. The van der Waals surface area contributed by atoms with Gasteiger partial charge in [0.05, 0.1) is 11.9 Å². The first kappa shape index (κ1) is 22.0. The Hall–Kier alpha value is -2.71. The summed E-state index contributed by atoms with van der Waals surface area (Å²) in [6.45, 7) is 3.16. The summed E-state index contributed by atoms with van der Waals surface area (Å²) in [7, 11) is 1.97. The lowest BCUT2D eigenvalue weighted by Gasteiger charge is -2.16. The van der Waals surface area contributed by atoms with Crippen LogP contribution in [-0.4, -0.2) is 51.0 Å². The van der Waals surface area contributed by atoms with Crippen LogP contribution in [0.2, 0.25) is 0 Å². The highest BCUT2D eigenvalue weighted by atomic mass is 16.5. The zero-order valence-corrected chi connectivity index (χ0v) is 17.8. The van der Waals surface area contributed by atoms with Crippen LogP contribution in [0.4, 0.5) is 5.82 Å². The van der Waals surface area contributed by atoms with E-state index < -0.39 is 0 Å². The average molecular weight is 413 g/mol. The Morgan fingerprint density at radius 2 is 1.97 bits per heavy atom. The van der Waals surface area contributed by atoms with Crippen LogP contribution in [0, 0.1) is 0 Å². The van der Waals surface area contributed by atoms with Crippen molar-refractivity contribution < 1.29 is 9.84 Å². The number of anilines is 1. The molecule has 30 heavy (non-hydrogen) atoms. The van der Waals surface area contributed by atoms with E-state index >= 15 is 0 Å². The van der Waals surface area contributed by atoms with Crippen molar-refractivity contribution in [3.8, 4) is 6.01 Å². The highest BCUT2D eigenvalue weighted by Gasteiger charge is 2.16. The molecule has 2 aromatic heterocycles. The van der Waals surface area contributed by atoms with Crippen molar-refractivity contribution in [2.75, 3.05) is 25.9 Å². The summed E-state index contributed by atoms with van der Waals surface area (Å²) in [4.78, 5) is 8.63. The molecule has 0 radical (unpaired) electrons. The number of ether oxygens (including phenoxy) is 1. The van der Waals surface area contributed by atoms with Gasteiger partial charge in [-0.15, -0.1) is 5.10 Å². The molecule has 2 heterocycles. The lowest BCUT2D eigenvalue weighted by atomic mass is 10.0. The molecule has 3 aromatic rings. The molecule has 0 aliphatic heterocycles. The number of nitrogen functional groups attached to an aromatic ring is 1. The van der Waals surface area contributed by atoms with Gasteiger partial charge in [-0.05, 0) is 44.0 Å². The molecular formula is C22H32N6O2. The highest BCUT2D eigenvalue weighted by Crippen LogP contribution is 2.19. The number of nitrogens with one attached hydrogen (secondary N) is 1. The molecule has 8 heteroatoms. The van der Waals surface area contributed by atoms with E-state index in [1.54, 1.807) is 10.7 Å². The first-order valence-corrected chi connectivity index (χ1v) is 10.6. The van der Waals surface area contributed by atoms with Crippen LogP contribution in [0.1, 0.15) is 49.4 Å². The minimum Gasteiger partial charge on any atom is -0.459 e. The lowest BCUT2D eigenvalue weighted by molar-refractivity contribution is 0.133. The fraction of sp³-hybridized carbons (Fsp3) is 0.500. The number of aliphatic hydroxyl groups is 1. The van der Waals surface area contributed by atoms with Gasteiger partial charge in [0.15, 0.2) is 11.5 Å². The van der Waals surface area contributed by atoms with Gasteiger partial charge in [0.1, 0.15) is 6.10 Å². The Morgan fingerprint density at radius 3 is 2.67 bits per heavy atom. The summed E-state index contributed by atoms with van der Waals surface area (Å²) in [5, 5.41) is 17.0. The smallest absolute Gasteiger partial charge is 0.336 e. The minimum absolute atomic E-state index is 0.0592. The molecule has 3 rings (SSSR count). The maximum Gasteiger partial charge on any atom is 0.336 e. The normalized spacial score (nSPS) is 12.4. The number of nitrogens with two attached hydrogens (primary N) is 1. The number of imidazole rings is 1. The molecule has 0 unspecified atom stereocenters. The van der Waals surface area contributed by atoms with Crippen molar-refractivity contribution in [3.05, 3.63) is 47.3 Å². The van der Waals surface area contributed by atoms with Gasteiger partial charge >= 0.3 is 6.01 Å². The van der Waals surface area contributed by atoms with Crippen LogP contribution in [0.25, 0.3) is 5.65 Å². The number of fused-ring (bicyclic) bond motifs is 1. The Bertz CT molecular complexity index is 919. The second-order valence-electron chi connectivity index (χ2n) is 7.51. The van der Waals surface area contributed by atoms with Gasteiger partial charge in [-0.25, -0.2) is 9.50 Å². The molecule has 0 saturated carbocycles. The molecule has 1 atom stereocenters. The molecule has 1 aromatic carbocycles. The van der Waals surface area contributed by atoms with Crippen molar-refractivity contribution in [2.24, 2.45) is 0 Å². The van der Waals surface area contributed by atoms with Gasteiger partial charge in [-0.3, -0.25) is 0 Å². The third-order valence-corrected chi connectivity index (χ3v) is 5.07. The summed E-state index contributed by atoms with van der Waals surface area (Å²) >= 11 is 0. The number of aromatic nitrogens is 4. The SMILES string of the molecule is CCC[C@H](CCO)Oc1nc(N)c2ncc(Cc3ccc(CCCNC)cc3)n2n1. The minimum atomic E-state index is -0.140. The average Bonchev–Trinajstić information content (AvgIpc) is 3.13. The molecule has 8 nitrogen and oxygen atoms in total. The number of aliphatic hydroxyl groups excluding tert-OH is 1. The first-order chi connectivity index (χ1) is 14.6. The fourth-order valence-electron chi connectivity index (χ4n) is 3.48. The van der Waals surface area contributed by atoms with E-state index in [9.17, 15) is 5.11 Å². The van der Waals surface area contributed by atoms with Crippen LogP contribution in [-0.2, 0) is 12.8 Å². The maximum absolute atomic E-state index is 9.26. The van der Waals surface area contributed by atoms with Crippen LogP contribution in [0.3, 0.4) is 0 Å². The van der Waals surface area contributed by atoms with E-state index in [0.29, 0.717) is 18.5 Å². The van der Waals surface area contributed by atoms with Crippen LogP contribution >= 0.6 is 0 Å². The number of nitrogens with zero attached hydrogens (tertiary/aromatic N) is 4.